The van der Waals surface area contributed by atoms with E-state index < -0.39 is 5.97 Å². The Kier molecular flexibility index (Phi) is 6.91. The van der Waals surface area contributed by atoms with E-state index in [0.29, 0.717) is 11.6 Å². The van der Waals surface area contributed by atoms with Gasteiger partial charge >= 0.3 is 5.97 Å². The highest BCUT2D eigenvalue weighted by Gasteiger charge is 2.24. The quantitative estimate of drug-likeness (QED) is 0.421. The molecule has 22 heavy (non-hydrogen) atoms. The highest BCUT2D eigenvalue weighted by Crippen LogP contribution is 2.31. The van der Waals surface area contributed by atoms with Gasteiger partial charge in [0.2, 0.25) is 0 Å². The number of allylic oxidation sites excluding steroid dienone is 5. The lowest BCUT2D eigenvalue weighted by atomic mass is 9.98. The van der Waals surface area contributed by atoms with E-state index in [1.54, 1.807) is 6.92 Å². The third-order valence-electron chi connectivity index (χ3n) is 3.90. The van der Waals surface area contributed by atoms with Gasteiger partial charge in [0, 0.05) is 23.0 Å². The van der Waals surface area contributed by atoms with Gasteiger partial charge in [0.05, 0.1) is 6.61 Å². The fourth-order valence-electron chi connectivity index (χ4n) is 2.59. The fourth-order valence-corrected chi connectivity index (χ4v) is 2.59. The van der Waals surface area contributed by atoms with Gasteiger partial charge < -0.3 is 9.64 Å². The van der Waals surface area contributed by atoms with Crippen molar-refractivity contribution in [2.45, 2.75) is 59.9 Å². The first-order valence-electron chi connectivity index (χ1n) is 8.05. The summed E-state index contributed by atoms with van der Waals surface area (Å²) in [5.74, 6) is -0.546. The van der Waals surface area contributed by atoms with Gasteiger partial charge in [0.15, 0.2) is 0 Å². The van der Waals surface area contributed by atoms with Crippen LogP contribution in [0, 0.1) is 11.3 Å². The average molecular weight is 302 g/mol. The average Bonchev–Trinajstić information content (AvgIpc) is 2.54. The molecule has 0 radical (unpaired) electrons. The van der Waals surface area contributed by atoms with Crippen LogP contribution in [0.3, 0.4) is 0 Å². The van der Waals surface area contributed by atoms with Crippen molar-refractivity contribution < 1.29 is 9.53 Å². The van der Waals surface area contributed by atoms with Gasteiger partial charge in [-0.05, 0) is 45.3 Å². The van der Waals surface area contributed by atoms with E-state index in [-0.39, 0.29) is 12.2 Å². The number of hydrogen-bond acceptors (Lipinski definition) is 4. The molecule has 0 amide bonds. The summed E-state index contributed by atoms with van der Waals surface area (Å²) in [6.07, 6.45) is 6.64. The second-order valence-electron chi connectivity index (χ2n) is 5.27. The second-order valence-corrected chi connectivity index (χ2v) is 5.27. The van der Waals surface area contributed by atoms with Crippen molar-refractivity contribution in [3.8, 4) is 6.07 Å². The summed E-state index contributed by atoms with van der Waals surface area (Å²) in [7, 11) is 0. The Balaban J connectivity index is 3.38. The zero-order valence-electron chi connectivity index (χ0n) is 14.3. The van der Waals surface area contributed by atoms with Crippen molar-refractivity contribution in [2.75, 3.05) is 6.61 Å². The summed E-state index contributed by atoms with van der Waals surface area (Å²) in [6.45, 7) is 10.5. The molecule has 0 aromatic rings. The molecule has 120 valence electrons. The molecule has 4 nitrogen and oxygen atoms in total. The van der Waals surface area contributed by atoms with E-state index in [9.17, 15) is 10.1 Å². The lowest BCUT2D eigenvalue weighted by molar-refractivity contribution is -0.138. The molecule has 4 heteroatoms. The molecule has 1 unspecified atom stereocenters. The number of nitriles is 1. The van der Waals surface area contributed by atoms with Crippen molar-refractivity contribution in [1.82, 2.24) is 4.90 Å². The van der Waals surface area contributed by atoms with Crippen molar-refractivity contribution in [2.24, 2.45) is 0 Å². The van der Waals surface area contributed by atoms with Crippen LogP contribution in [0.15, 0.2) is 34.7 Å². The van der Waals surface area contributed by atoms with Crippen LogP contribution in [0.1, 0.15) is 53.9 Å². The molecule has 0 aromatic carbocycles. The third kappa shape index (κ3) is 3.79. The number of hydrogen-bond donors (Lipinski definition) is 0. The normalized spacial score (nSPS) is 15.6. The zero-order valence-corrected chi connectivity index (χ0v) is 14.3. The van der Waals surface area contributed by atoms with E-state index in [4.69, 9.17) is 4.74 Å². The molecule has 0 aliphatic carbocycles. The van der Waals surface area contributed by atoms with E-state index in [2.05, 4.69) is 32.6 Å². The van der Waals surface area contributed by atoms with Gasteiger partial charge in [0.25, 0.3) is 0 Å². The lowest BCUT2D eigenvalue weighted by Crippen LogP contribution is -2.33. The van der Waals surface area contributed by atoms with Crippen LogP contribution in [0.5, 0.6) is 0 Å². The molecule has 0 saturated carbocycles. The van der Waals surface area contributed by atoms with E-state index in [0.717, 1.165) is 30.7 Å². The molecule has 0 fully saturated rings. The Labute approximate surface area is 133 Å². The summed E-state index contributed by atoms with van der Waals surface area (Å²) in [4.78, 5) is 14.3. The van der Waals surface area contributed by atoms with Crippen LogP contribution in [-0.4, -0.2) is 23.5 Å². The molecule has 0 spiro atoms. The highest BCUT2D eigenvalue weighted by molar-refractivity contribution is 5.95. The second kappa shape index (κ2) is 8.43. The smallest absolute Gasteiger partial charge is 0.349 e. The maximum Gasteiger partial charge on any atom is 0.349 e. The van der Waals surface area contributed by atoms with Crippen molar-refractivity contribution in [1.29, 1.82) is 5.26 Å². The molecule has 1 aliphatic rings. The van der Waals surface area contributed by atoms with Gasteiger partial charge in [-0.3, -0.25) is 0 Å². The van der Waals surface area contributed by atoms with Crippen molar-refractivity contribution in [3.63, 3.8) is 0 Å². The summed E-state index contributed by atoms with van der Waals surface area (Å²) in [6, 6.07) is 2.40. The SMILES string of the molecule is CCOC(=O)C(C#N)=C1C=C(CC)N(C(C)CC)C(CC)=C1. The Hall–Kier alpha value is -2.02. The van der Waals surface area contributed by atoms with Crippen LogP contribution in [0.4, 0.5) is 0 Å². The Bertz CT molecular complexity index is 526. The summed E-state index contributed by atoms with van der Waals surface area (Å²) < 4.78 is 4.99. The van der Waals surface area contributed by atoms with Gasteiger partial charge in [-0.15, -0.1) is 0 Å². The minimum absolute atomic E-state index is 0.0857. The number of carbonyl (C=O) groups excluding carboxylic acids is 1. The highest BCUT2D eigenvalue weighted by atomic mass is 16.5. The predicted octanol–water partition coefficient (Wildman–Crippen LogP) is 4.07. The molecule has 1 heterocycles. The maximum absolute atomic E-state index is 12.0. The monoisotopic (exact) mass is 302 g/mol. The minimum Gasteiger partial charge on any atom is -0.462 e. The summed E-state index contributed by atoms with van der Waals surface area (Å²) in [5.41, 5.74) is 3.03. The summed E-state index contributed by atoms with van der Waals surface area (Å²) in [5, 5.41) is 9.33. The molecule has 1 atom stereocenters. The van der Waals surface area contributed by atoms with Crippen LogP contribution in [-0.2, 0) is 9.53 Å². The molecular weight excluding hydrogens is 276 g/mol. The predicted molar refractivity (Wildman–Crippen MR) is 87.6 cm³/mol. The maximum atomic E-state index is 12.0. The molecule has 0 bridgehead atoms. The van der Waals surface area contributed by atoms with Gasteiger partial charge in [-0.2, -0.15) is 5.26 Å². The molecule has 1 rings (SSSR count). The third-order valence-corrected chi connectivity index (χ3v) is 3.90. The number of rotatable bonds is 6. The first-order chi connectivity index (χ1) is 10.5. The Morgan fingerprint density at radius 2 is 1.77 bits per heavy atom. The Morgan fingerprint density at radius 1 is 1.23 bits per heavy atom. The Morgan fingerprint density at radius 3 is 2.14 bits per heavy atom. The lowest BCUT2D eigenvalue weighted by Gasteiger charge is -2.37. The topological polar surface area (TPSA) is 53.3 Å². The van der Waals surface area contributed by atoms with Crippen LogP contribution >= 0.6 is 0 Å². The van der Waals surface area contributed by atoms with Gasteiger partial charge in [-0.1, -0.05) is 20.8 Å². The molecule has 0 N–H and O–H groups in total. The van der Waals surface area contributed by atoms with E-state index in [1.807, 2.05) is 18.2 Å². The van der Waals surface area contributed by atoms with Crippen LogP contribution in [0.2, 0.25) is 0 Å². The first-order valence-corrected chi connectivity index (χ1v) is 8.05. The standard InChI is InChI=1S/C18H26N2O2/c1-6-13(5)20-15(7-2)10-14(11-16(20)8-3)17(12-19)18(21)22-9-4/h10-11,13H,6-9H2,1-5H3. The first kappa shape index (κ1) is 18.0. The van der Waals surface area contributed by atoms with E-state index >= 15 is 0 Å². The number of carbonyl (C=O) groups is 1. The van der Waals surface area contributed by atoms with Crippen molar-refractivity contribution in [3.05, 3.63) is 34.7 Å². The number of ether oxygens (including phenoxy) is 1. The molecule has 1 aliphatic heterocycles. The van der Waals surface area contributed by atoms with E-state index in [1.165, 1.54) is 0 Å². The summed E-state index contributed by atoms with van der Waals surface area (Å²) >= 11 is 0. The molecule has 0 saturated heterocycles. The molecular formula is C18H26N2O2. The zero-order chi connectivity index (χ0) is 16.7. The number of esters is 1. The minimum atomic E-state index is -0.546. The van der Waals surface area contributed by atoms with Crippen LogP contribution < -0.4 is 0 Å². The fraction of sp³-hybridized carbons (Fsp3) is 0.556. The molecule has 0 aromatic heterocycles. The van der Waals surface area contributed by atoms with Gasteiger partial charge in [-0.25, -0.2) is 4.79 Å². The van der Waals surface area contributed by atoms with Crippen molar-refractivity contribution >= 4 is 5.97 Å². The van der Waals surface area contributed by atoms with Gasteiger partial charge in [0.1, 0.15) is 11.6 Å². The van der Waals surface area contributed by atoms with Crippen LogP contribution in [0.25, 0.3) is 0 Å². The largest absolute Gasteiger partial charge is 0.462 e. The number of nitrogens with zero attached hydrogens (tertiary/aromatic N) is 2.